The molecule has 1 atom stereocenters. The highest BCUT2D eigenvalue weighted by Crippen LogP contribution is 2.25. The first-order valence-corrected chi connectivity index (χ1v) is 8.20. The zero-order chi connectivity index (χ0) is 17.7. The lowest BCUT2D eigenvalue weighted by atomic mass is 9.96. The van der Waals surface area contributed by atoms with Crippen molar-refractivity contribution in [2.45, 2.75) is 12.8 Å². The second-order valence-electron chi connectivity index (χ2n) is 5.25. The number of nitrogens with one attached hydrogen (secondary N) is 1. The van der Waals surface area contributed by atoms with Gasteiger partial charge in [0.2, 0.25) is 5.91 Å². The number of carbonyl (C=O) groups excluding carboxylic acids is 1. The van der Waals surface area contributed by atoms with Crippen LogP contribution in [-0.4, -0.2) is 17.0 Å². The van der Waals surface area contributed by atoms with E-state index < -0.39 is 17.8 Å². The van der Waals surface area contributed by atoms with Crippen LogP contribution in [0.5, 0.6) is 0 Å². The van der Waals surface area contributed by atoms with Crippen molar-refractivity contribution in [2.75, 3.05) is 5.32 Å². The first-order valence-electron chi connectivity index (χ1n) is 7.07. The molecule has 2 aromatic rings. The van der Waals surface area contributed by atoms with Gasteiger partial charge in [0.05, 0.1) is 16.0 Å². The number of hydrogen-bond donors (Lipinski definition) is 2. The number of carboxylic acid groups (broad SMARTS) is 1. The van der Waals surface area contributed by atoms with E-state index in [9.17, 15) is 14.7 Å². The highest BCUT2D eigenvalue weighted by atomic mass is 35.5. The molecule has 0 aliphatic carbocycles. The van der Waals surface area contributed by atoms with E-state index in [1.165, 1.54) is 6.07 Å². The monoisotopic (exact) mass is 385 g/mol. The first kappa shape index (κ1) is 18.6. The Morgan fingerprint density at radius 2 is 1.67 bits per heavy atom. The molecule has 24 heavy (non-hydrogen) atoms. The van der Waals surface area contributed by atoms with Crippen molar-refractivity contribution >= 4 is 52.4 Å². The summed E-state index contributed by atoms with van der Waals surface area (Å²) in [7, 11) is 0. The smallest absolute Gasteiger partial charge is 0.307 e. The molecular weight excluding hydrogens is 373 g/mol. The Bertz CT molecular complexity index is 747. The van der Waals surface area contributed by atoms with Gasteiger partial charge in [0.15, 0.2) is 0 Å². The van der Waals surface area contributed by atoms with E-state index in [2.05, 4.69) is 5.32 Å². The normalized spacial score (nSPS) is 11.8. The molecule has 0 bridgehead atoms. The summed E-state index contributed by atoms with van der Waals surface area (Å²) in [6.07, 6.45) is 0.0828. The molecule has 126 valence electrons. The van der Waals surface area contributed by atoms with Crippen LogP contribution in [0.3, 0.4) is 0 Å². The molecule has 0 fully saturated rings. The highest BCUT2D eigenvalue weighted by Gasteiger charge is 2.22. The lowest BCUT2D eigenvalue weighted by molar-refractivity contribution is -0.143. The molecule has 0 aliphatic rings. The third kappa shape index (κ3) is 5.41. The summed E-state index contributed by atoms with van der Waals surface area (Å²) in [4.78, 5) is 23.5. The zero-order valence-electron chi connectivity index (χ0n) is 12.4. The molecule has 0 radical (unpaired) electrons. The summed E-state index contributed by atoms with van der Waals surface area (Å²) in [6, 6.07) is 11.5. The molecular formula is C17H14Cl3NO3. The molecule has 2 rings (SSSR count). The van der Waals surface area contributed by atoms with E-state index >= 15 is 0 Å². The Balaban J connectivity index is 2.01. The maximum Gasteiger partial charge on any atom is 0.307 e. The summed E-state index contributed by atoms with van der Waals surface area (Å²) in [5, 5.41) is 13.2. The maximum absolute atomic E-state index is 12.1. The molecule has 0 heterocycles. The van der Waals surface area contributed by atoms with Crippen LogP contribution in [0.15, 0.2) is 42.5 Å². The number of carbonyl (C=O) groups is 2. The third-order valence-corrected chi connectivity index (χ3v) is 4.37. The Morgan fingerprint density at radius 3 is 2.25 bits per heavy atom. The zero-order valence-corrected chi connectivity index (χ0v) is 14.7. The minimum absolute atomic E-state index is 0.155. The van der Waals surface area contributed by atoms with Crippen LogP contribution in [0.2, 0.25) is 15.1 Å². The maximum atomic E-state index is 12.1. The molecule has 0 spiro atoms. The Kier molecular flexibility index (Phi) is 6.49. The first-order chi connectivity index (χ1) is 11.3. The van der Waals surface area contributed by atoms with E-state index in [1.807, 2.05) is 0 Å². The van der Waals surface area contributed by atoms with Gasteiger partial charge in [-0.2, -0.15) is 0 Å². The minimum Gasteiger partial charge on any atom is -0.481 e. The predicted octanol–water partition coefficient (Wildman–Crippen LogP) is 4.92. The number of hydrogen-bond acceptors (Lipinski definition) is 2. The van der Waals surface area contributed by atoms with E-state index in [-0.39, 0.29) is 12.8 Å². The second-order valence-corrected chi connectivity index (χ2v) is 6.50. The van der Waals surface area contributed by atoms with Gasteiger partial charge in [-0.1, -0.05) is 46.9 Å². The van der Waals surface area contributed by atoms with Crippen molar-refractivity contribution in [2.24, 2.45) is 5.92 Å². The van der Waals surface area contributed by atoms with Crippen LogP contribution < -0.4 is 5.32 Å². The number of anilines is 1. The Morgan fingerprint density at radius 1 is 1.00 bits per heavy atom. The van der Waals surface area contributed by atoms with Crippen molar-refractivity contribution in [3.05, 3.63) is 63.1 Å². The second kappa shape index (κ2) is 8.38. The molecule has 0 saturated carbocycles. The van der Waals surface area contributed by atoms with Crippen molar-refractivity contribution in [3.8, 4) is 0 Å². The Hall–Kier alpha value is -1.75. The van der Waals surface area contributed by atoms with E-state index in [1.54, 1.807) is 36.4 Å². The summed E-state index contributed by atoms with van der Waals surface area (Å²) in [5.74, 6) is -2.28. The molecule has 2 aromatic carbocycles. The van der Waals surface area contributed by atoms with E-state index in [0.717, 1.165) is 5.56 Å². The van der Waals surface area contributed by atoms with Gasteiger partial charge >= 0.3 is 5.97 Å². The lowest BCUT2D eigenvalue weighted by Crippen LogP contribution is -2.24. The van der Waals surface area contributed by atoms with Crippen LogP contribution in [0.25, 0.3) is 0 Å². The largest absolute Gasteiger partial charge is 0.481 e. The molecule has 0 aromatic heterocycles. The van der Waals surface area contributed by atoms with Crippen LogP contribution in [-0.2, 0) is 16.0 Å². The molecule has 2 N–H and O–H groups in total. The Labute approximate surface area is 154 Å². The SMILES string of the molecule is O=C(CC(Cc1ccc(Cl)cc1)C(=O)O)Nc1ccc(Cl)c(Cl)c1. The van der Waals surface area contributed by atoms with Gasteiger partial charge in [0.25, 0.3) is 0 Å². The fourth-order valence-corrected chi connectivity index (χ4v) is 2.59. The molecule has 0 aliphatic heterocycles. The van der Waals surface area contributed by atoms with Gasteiger partial charge in [-0.05, 0) is 42.3 Å². The average Bonchev–Trinajstić information content (AvgIpc) is 2.52. The minimum atomic E-state index is -1.03. The van der Waals surface area contributed by atoms with Crippen LogP contribution in [0.4, 0.5) is 5.69 Å². The molecule has 0 saturated heterocycles. The van der Waals surface area contributed by atoms with Crippen LogP contribution >= 0.6 is 34.8 Å². The van der Waals surface area contributed by atoms with Gasteiger partial charge < -0.3 is 10.4 Å². The fourth-order valence-electron chi connectivity index (χ4n) is 2.16. The van der Waals surface area contributed by atoms with Crippen molar-refractivity contribution in [1.29, 1.82) is 0 Å². The topological polar surface area (TPSA) is 66.4 Å². The third-order valence-electron chi connectivity index (χ3n) is 3.38. The van der Waals surface area contributed by atoms with E-state index in [0.29, 0.717) is 20.8 Å². The number of rotatable bonds is 6. The number of halogens is 3. The predicted molar refractivity (Wildman–Crippen MR) is 96.0 cm³/mol. The van der Waals surface area contributed by atoms with Gasteiger partial charge in [-0.3, -0.25) is 9.59 Å². The van der Waals surface area contributed by atoms with Gasteiger partial charge in [0.1, 0.15) is 0 Å². The number of carboxylic acids is 1. The molecule has 1 unspecified atom stereocenters. The molecule has 1 amide bonds. The molecule has 4 nitrogen and oxygen atoms in total. The fraction of sp³-hybridized carbons (Fsp3) is 0.176. The highest BCUT2D eigenvalue weighted by molar-refractivity contribution is 6.42. The van der Waals surface area contributed by atoms with Gasteiger partial charge in [0, 0.05) is 17.1 Å². The summed E-state index contributed by atoms with van der Waals surface area (Å²) < 4.78 is 0. The van der Waals surface area contributed by atoms with Crippen LogP contribution in [0, 0.1) is 5.92 Å². The van der Waals surface area contributed by atoms with Crippen molar-refractivity contribution < 1.29 is 14.7 Å². The number of benzene rings is 2. The van der Waals surface area contributed by atoms with Gasteiger partial charge in [-0.25, -0.2) is 0 Å². The van der Waals surface area contributed by atoms with Gasteiger partial charge in [-0.15, -0.1) is 0 Å². The average molecular weight is 387 g/mol. The van der Waals surface area contributed by atoms with Crippen LogP contribution in [0.1, 0.15) is 12.0 Å². The van der Waals surface area contributed by atoms with E-state index in [4.69, 9.17) is 34.8 Å². The number of amides is 1. The van der Waals surface area contributed by atoms with Crippen molar-refractivity contribution in [1.82, 2.24) is 0 Å². The quantitative estimate of drug-likeness (QED) is 0.740. The summed E-state index contributed by atoms with van der Waals surface area (Å²) in [5.41, 5.74) is 1.26. The lowest BCUT2D eigenvalue weighted by Gasteiger charge is -2.13. The summed E-state index contributed by atoms with van der Waals surface area (Å²) >= 11 is 17.5. The molecule has 7 heteroatoms. The standard InChI is InChI=1S/C17H14Cl3NO3/c18-12-3-1-10(2-4-12)7-11(17(23)24)8-16(22)21-13-5-6-14(19)15(20)9-13/h1-6,9,11H,7-8H2,(H,21,22)(H,23,24). The van der Waals surface area contributed by atoms with Crippen molar-refractivity contribution in [3.63, 3.8) is 0 Å². The summed E-state index contributed by atoms with van der Waals surface area (Å²) in [6.45, 7) is 0. The number of aliphatic carboxylic acids is 1.